The monoisotopic (exact) mass is 773 g/mol. The Labute approximate surface area is 323 Å². The van der Waals surface area contributed by atoms with E-state index in [1.807, 2.05) is 0 Å². The van der Waals surface area contributed by atoms with E-state index >= 15 is 4.79 Å². The first-order valence-electron chi connectivity index (χ1n) is 18.8. The van der Waals surface area contributed by atoms with Crippen molar-refractivity contribution in [2.45, 2.75) is 109 Å². The number of nitrogens with one attached hydrogen (secondary N) is 1. The van der Waals surface area contributed by atoms with Gasteiger partial charge in [-0.2, -0.15) is 0 Å². The number of ketones is 1. The molecule has 2 aromatic rings. The number of carbonyl (C=O) groups excluding carboxylic acids is 6. The van der Waals surface area contributed by atoms with Crippen LogP contribution in [-0.4, -0.2) is 94.1 Å². The Balaban J connectivity index is 1.40. The number of hydrogen-bond donors (Lipinski definition) is 3. The fourth-order valence-electron chi connectivity index (χ4n) is 10.2. The first-order chi connectivity index (χ1) is 26.4. The maximum Gasteiger partial charge on any atom is 0.338 e. The van der Waals surface area contributed by atoms with Crippen molar-refractivity contribution in [1.82, 2.24) is 5.32 Å². The summed E-state index contributed by atoms with van der Waals surface area (Å²) in [6.07, 6.45) is -7.01. The zero-order valence-electron chi connectivity index (χ0n) is 32.1. The Morgan fingerprint density at radius 1 is 0.893 bits per heavy atom. The van der Waals surface area contributed by atoms with E-state index in [1.165, 1.54) is 26.0 Å². The quantitative estimate of drug-likeness (QED) is 0.191. The number of aliphatic hydroxyl groups is 2. The number of benzene rings is 2. The maximum atomic E-state index is 15.4. The van der Waals surface area contributed by atoms with Gasteiger partial charge in [0.15, 0.2) is 23.6 Å². The SMILES string of the molecule is CC(=O)N[C@@H](c1ccccc1)[C@@H](O)C(=O)O[C@H]1C[C@@]2(O)[C@@H](OC(=O)c3ccccc3)[C@@H]3[C@]4(OC(C)=O)CO[C@@H]4C[C@@H]4C[C@@]43C(=O)[C@H](OC(C)=O)C(=C1C)C2(C)C. The van der Waals surface area contributed by atoms with Crippen molar-refractivity contribution in [1.29, 1.82) is 0 Å². The average molecular weight is 774 g/mol. The minimum atomic E-state index is -2.22. The van der Waals surface area contributed by atoms with Crippen LogP contribution in [0.3, 0.4) is 0 Å². The van der Waals surface area contributed by atoms with Crippen molar-refractivity contribution in [3.8, 4) is 0 Å². The molecule has 56 heavy (non-hydrogen) atoms. The third-order valence-electron chi connectivity index (χ3n) is 12.9. The van der Waals surface area contributed by atoms with Crippen LogP contribution in [0.2, 0.25) is 0 Å². The molecule has 4 aliphatic carbocycles. The lowest BCUT2D eigenvalue weighted by atomic mass is 9.48. The second kappa shape index (κ2) is 13.9. The van der Waals surface area contributed by atoms with E-state index in [2.05, 4.69) is 5.32 Å². The van der Waals surface area contributed by atoms with Gasteiger partial charge in [-0.15, -0.1) is 0 Å². The molecular formula is C42H47NO13. The number of Topliss-reactive ketones (excluding diaryl/α,β-unsaturated/α-hetero) is 1. The van der Waals surface area contributed by atoms with Gasteiger partial charge in [-0.25, -0.2) is 9.59 Å². The van der Waals surface area contributed by atoms with E-state index < -0.39 is 107 Å². The molecule has 3 N–H and O–H groups in total. The molecule has 0 unspecified atom stereocenters. The fourth-order valence-corrected chi connectivity index (χ4v) is 10.2. The zero-order valence-corrected chi connectivity index (χ0v) is 32.1. The van der Waals surface area contributed by atoms with Crippen LogP contribution in [0.5, 0.6) is 0 Å². The lowest BCUT2D eigenvalue weighted by Crippen LogP contribution is -2.78. The van der Waals surface area contributed by atoms with Crippen molar-refractivity contribution in [3.63, 3.8) is 0 Å². The molecule has 298 valence electrons. The molecule has 1 amide bonds. The number of ether oxygens (including phenoxy) is 5. The number of amides is 1. The van der Waals surface area contributed by atoms with Crippen LogP contribution in [0, 0.1) is 22.7 Å². The molecule has 1 saturated heterocycles. The van der Waals surface area contributed by atoms with Crippen LogP contribution >= 0.6 is 0 Å². The molecule has 1 heterocycles. The predicted molar refractivity (Wildman–Crippen MR) is 194 cm³/mol. The Kier molecular flexibility index (Phi) is 9.78. The van der Waals surface area contributed by atoms with Crippen LogP contribution in [0.15, 0.2) is 71.8 Å². The molecule has 0 aromatic heterocycles. The highest BCUT2D eigenvalue weighted by atomic mass is 16.6. The molecule has 14 nitrogen and oxygen atoms in total. The van der Waals surface area contributed by atoms with Crippen LogP contribution in [0.25, 0.3) is 0 Å². The van der Waals surface area contributed by atoms with Gasteiger partial charge in [0, 0.05) is 38.0 Å². The normalized spacial score (nSPS) is 34.6. The first-order valence-corrected chi connectivity index (χ1v) is 18.8. The summed E-state index contributed by atoms with van der Waals surface area (Å²) in [5.41, 5.74) is -5.67. The van der Waals surface area contributed by atoms with Crippen molar-refractivity contribution < 1.29 is 62.7 Å². The summed E-state index contributed by atoms with van der Waals surface area (Å²) in [5.74, 6) is -6.04. The molecule has 5 aliphatic rings. The molecule has 1 aliphatic heterocycles. The molecular weight excluding hydrogens is 726 g/mol. The van der Waals surface area contributed by atoms with Gasteiger partial charge >= 0.3 is 23.9 Å². The highest BCUT2D eigenvalue weighted by Gasteiger charge is 2.84. The lowest BCUT2D eigenvalue weighted by Gasteiger charge is -2.64. The molecule has 4 fully saturated rings. The van der Waals surface area contributed by atoms with Gasteiger partial charge in [-0.3, -0.25) is 19.2 Å². The Morgan fingerprint density at radius 3 is 2.11 bits per heavy atom. The summed E-state index contributed by atoms with van der Waals surface area (Å²) in [5, 5.41) is 27.6. The molecule has 7 rings (SSSR count). The van der Waals surface area contributed by atoms with Crippen LogP contribution in [0.4, 0.5) is 0 Å². The third-order valence-corrected chi connectivity index (χ3v) is 12.9. The van der Waals surface area contributed by atoms with E-state index in [1.54, 1.807) is 69.3 Å². The molecule has 11 atom stereocenters. The topological polar surface area (TPSA) is 201 Å². The number of rotatable bonds is 9. The second-order valence-corrected chi connectivity index (χ2v) is 16.4. The minimum Gasteiger partial charge on any atom is -0.456 e. The smallest absolute Gasteiger partial charge is 0.338 e. The van der Waals surface area contributed by atoms with Crippen LogP contribution < -0.4 is 5.32 Å². The highest BCUT2D eigenvalue weighted by Crippen LogP contribution is 2.74. The van der Waals surface area contributed by atoms with E-state index in [9.17, 15) is 34.2 Å². The Hall–Kier alpha value is -4.92. The van der Waals surface area contributed by atoms with E-state index in [4.69, 9.17) is 23.7 Å². The standard InChI is InChI=1S/C42H47NO13/c1-21-28(54-38(50)32(47)31(43-22(2)44)25-13-9-7-10-14-25)19-42(51)36(55-37(49)26-15-11-8-12-16-26)34-40(35(48)33(53-23(3)45)30(21)39(42,5)6)18-27(40)17-29-41(34,20-52-29)56-24(4)46/h7-16,27-29,31-34,36,47,51H,17-20H2,1-6H3,(H,43,44)/t27-,28+,29-,31+,32-,33-,34+,36+,40-,41+,42-/m1/s1. The summed E-state index contributed by atoms with van der Waals surface area (Å²) >= 11 is 0. The maximum absolute atomic E-state index is 15.4. The predicted octanol–water partition coefficient (Wildman–Crippen LogP) is 3.08. The van der Waals surface area contributed by atoms with Crippen molar-refractivity contribution >= 4 is 35.6 Å². The zero-order chi connectivity index (χ0) is 40.5. The molecule has 0 radical (unpaired) electrons. The number of fused-ring (bicyclic) bond motifs is 4. The summed E-state index contributed by atoms with van der Waals surface area (Å²) < 4.78 is 30.5. The van der Waals surface area contributed by atoms with Gasteiger partial charge in [0.2, 0.25) is 5.91 Å². The summed E-state index contributed by atoms with van der Waals surface area (Å²) in [7, 11) is 0. The summed E-state index contributed by atoms with van der Waals surface area (Å²) in [6.45, 7) is 8.32. The number of carbonyl (C=O) groups is 6. The largest absolute Gasteiger partial charge is 0.456 e. The van der Waals surface area contributed by atoms with Gasteiger partial charge < -0.3 is 39.2 Å². The number of aliphatic hydroxyl groups excluding tert-OH is 1. The lowest BCUT2D eigenvalue weighted by molar-refractivity contribution is -0.323. The summed E-state index contributed by atoms with van der Waals surface area (Å²) in [6, 6.07) is 15.2. The van der Waals surface area contributed by atoms with Gasteiger partial charge in [0.05, 0.1) is 24.1 Å². The van der Waals surface area contributed by atoms with Gasteiger partial charge in [0.25, 0.3) is 0 Å². The molecule has 1 spiro atoms. The van der Waals surface area contributed by atoms with Crippen molar-refractivity contribution in [3.05, 3.63) is 82.9 Å². The highest BCUT2D eigenvalue weighted by molar-refractivity contribution is 5.97. The Morgan fingerprint density at radius 2 is 1.54 bits per heavy atom. The van der Waals surface area contributed by atoms with E-state index in [0.29, 0.717) is 12.0 Å². The van der Waals surface area contributed by atoms with E-state index in [-0.39, 0.29) is 35.7 Å². The molecule has 2 aromatic carbocycles. The first kappa shape index (κ1) is 39.3. The average Bonchev–Trinajstić information content (AvgIpc) is 3.87. The van der Waals surface area contributed by atoms with Crippen LogP contribution in [-0.2, 0) is 47.7 Å². The second-order valence-electron chi connectivity index (χ2n) is 16.4. The van der Waals surface area contributed by atoms with E-state index in [0.717, 1.165) is 6.92 Å². The molecule has 3 saturated carbocycles. The number of hydrogen-bond acceptors (Lipinski definition) is 13. The molecule has 2 bridgehead atoms. The van der Waals surface area contributed by atoms with Crippen molar-refractivity contribution in [2.24, 2.45) is 22.7 Å². The summed E-state index contributed by atoms with van der Waals surface area (Å²) in [4.78, 5) is 81.5. The van der Waals surface area contributed by atoms with Gasteiger partial charge in [-0.05, 0) is 54.5 Å². The van der Waals surface area contributed by atoms with Gasteiger partial charge in [-0.1, -0.05) is 62.4 Å². The van der Waals surface area contributed by atoms with Crippen molar-refractivity contribution in [2.75, 3.05) is 6.61 Å². The number of esters is 4. The third kappa shape index (κ3) is 6.04. The Bertz CT molecular complexity index is 2000. The van der Waals surface area contributed by atoms with Gasteiger partial charge in [0.1, 0.15) is 23.9 Å². The van der Waals surface area contributed by atoms with Crippen LogP contribution in [0.1, 0.15) is 82.8 Å². The minimum absolute atomic E-state index is 0.146. The molecule has 14 heteroatoms. The fraction of sp³-hybridized carbons (Fsp3) is 0.524.